The fourth-order valence-electron chi connectivity index (χ4n) is 4.21. The Kier molecular flexibility index (Phi) is 7.00. The Morgan fingerprint density at radius 2 is 1.92 bits per heavy atom. The van der Waals surface area contributed by atoms with Crippen LogP contribution in [-0.4, -0.2) is 39.6 Å². The third-order valence-corrected chi connectivity index (χ3v) is 5.86. The van der Waals surface area contributed by atoms with Crippen molar-refractivity contribution in [3.05, 3.63) is 75.9 Å². The molecule has 0 atom stereocenters. The molecule has 0 saturated carbocycles. The molecule has 2 aromatic heterocycles. The Labute approximate surface area is 207 Å². The molecule has 186 valence electrons. The van der Waals surface area contributed by atoms with Crippen molar-refractivity contribution in [2.75, 3.05) is 19.5 Å². The van der Waals surface area contributed by atoms with E-state index in [1.54, 1.807) is 31.0 Å². The lowest BCUT2D eigenvalue weighted by Gasteiger charge is -2.19. The van der Waals surface area contributed by atoms with Gasteiger partial charge in [-0.2, -0.15) is 0 Å². The standard InChI is InChI=1S/C25H26N6O5/c1-4-17-15(12-30-13-24(28-14-30)31(33)34)6-5-7-19(17)29-25-16(8-23(26)32)11-27-20-10-22(36-3)21(35-2)9-18(20)25/h5-7,9-11,13-14H,4,8,12H2,1-3H3,(H2,26,32)(H,27,29). The highest BCUT2D eigenvalue weighted by molar-refractivity contribution is 5.98. The minimum Gasteiger partial charge on any atom is -0.493 e. The number of carbonyl (C=O) groups is 1. The number of methoxy groups -OCH3 is 2. The van der Waals surface area contributed by atoms with Crippen molar-refractivity contribution >= 4 is 34.0 Å². The number of carbonyl (C=O) groups excluding carboxylic acids is 1. The number of nitrogens with zero attached hydrogens (tertiary/aromatic N) is 4. The lowest BCUT2D eigenvalue weighted by Crippen LogP contribution is -2.15. The van der Waals surface area contributed by atoms with Gasteiger partial charge in [-0.05, 0) is 39.6 Å². The summed E-state index contributed by atoms with van der Waals surface area (Å²) in [6.07, 6.45) is 5.17. The van der Waals surface area contributed by atoms with Gasteiger partial charge in [-0.1, -0.05) is 19.1 Å². The van der Waals surface area contributed by atoms with Gasteiger partial charge >= 0.3 is 5.82 Å². The number of hydrogen-bond acceptors (Lipinski definition) is 8. The summed E-state index contributed by atoms with van der Waals surface area (Å²) in [5.41, 5.74) is 10.3. The van der Waals surface area contributed by atoms with Gasteiger partial charge in [0.25, 0.3) is 0 Å². The summed E-state index contributed by atoms with van der Waals surface area (Å²) in [5.74, 6) is 0.380. The lowest BCUT2D eigenvalue weighted by atomic mass is 10.0. The van der Waals surface area contributed by atoms with Crippen molar-refractivity contribution in [2.45, 2.75) is 26.3 Å². The third kappa shape index (κ3) is 4.90. The molecule has 0 spiro atoms. The molecule has 2 heterocycles. The molecule has 0 saturated heterocycles. The van der Waals surface area contributed by atoms with Crippen molar-refractivity contribution in [1.29, 1.82) is 0 Å². The largest absolute Gasteiger partial charge is 0.493 e. The number of fused-ring (bicyclic) bond motifs is 1. The molecule has 0 radical (unpaired) electrons. The molecule has 36 heavy (non-hydrogen) atoms. The van der Waals surface area contributed by atoms with Gasteiger partial charge in [0, 0.05) is 28.9 Å². The van der Waals surface area contributed by atoms with Crippen molar-refractivity contribution < 1.29 is 19.2 Å². The summed E-state index contributed by atoms with van der Waals surface area (Å²) in [6, 6.07) is 9.41. The molecule has 0 aliphatic rings. The van der Waals surface area contributed by atoms with Gasteiger partial charge in [0.1, 0.15) is 6.20 Å². The fourth-order valence-corrected chi connectivity index (χ4v) is 4.21. The van der Waals surface area contributed by atoms with Gasteiger partial charge in [-0.15, -0.1) is 0 Å². The number of pyridine rings is 1. The SMILES string of the molecule is CCc1c(Cn2cnc([N+](=O)[O-])c2)cccc1Nc1c(CC(N)=O)cnc2cc(OC)c(OC)cc12. The quantitative estimate of drug-likeness (QED) is 0.252. The van der Waals surface area contributed by atoms with Gasteiger partial charge in [-0.25, -0.2) is 0 Å². The molecular weight excluding hydrogens is 464 g/mol. The number of aromatic nitrogens is 3. The van der Waals surface area contributed by atoms with E-state index in [-0.39, 0.29) is 12.2 Å². The monoisotopic (exact) mass is 490 g/mol. The van der Waals surface area contributed by atoms with Gasteiger partial charge in [0.15, 0.2) is 11.5 Å². The van der Waals surface area contributed by atoms with E-state index >= 15 is 0 Å². The summed E-state index contributed by atoms with van der Waals surface area (Å²) < 4.78 is 12.6. The van der Waals surface area contributed by atoms with Gasteiger partial charge < -0.3 is 35.2 Å². The van der Waals surface area contributed by atoms with E-state index in [1.807, 2.05) is 31.2 Å². The first kappa shape index (κ1) is 24.5. The zero-order valence-electron chi connectivity index (χ0n) is 20.1. The normalized spacial score (nSPS) is 10.9. The van der Waals surface area contributed by atoms with E-state index in [9.17, 15) is 14.9 Å². The smallest absolute Gasteiger partial charge is 0.381 e. The summed E-state index contributed by atoms with van der Waals surface area (Å²) >= 11 is 0. The molecular formula is C25H26N6O5. The minimum atomic E-state index is -0.521. The molecule has 11 heteroatoms. The predicted molar refractivity (Wildman–Crippen MR) is 135 cm³/mol. The zero-order valence-corrected chi connectivity index (χ0v) is 20.1. The van der Waals surface area contributed by atoms with Crippen molar-refractivity contribution in [3.63, 3.8) is 0 Å². The van der Waals surface area contributed by atoms with Crippen LogP contribution < -0.4 is 20.5 Å². The van der Waals surface area contributed by atoms with Gasteiger partial charge in [0.05, 0.1) is 38.4 Å². The first-order valence-electron chi connectivity index (χ1n) is 11.2. The Balaban J connectivity index is 1.81. The number of nitro groups is 1. The van der Waals surface area contributed by atoms with E-state index in [4.69, 9.17) is 15.2 Å². The van der Waals surface area contributed by atoms with E-state index in [0.29, 0.717) is 41.2 Å². The Morgan fingerprint density at radius 1 is 1.17 bits per heavy atom. The van der Waals surface area contributed by atoms with Crippen LogP contribution in [0, 0.1) is 10.1 Å². The van der Waals surface area contributed by atoms with Gasteiger partial charge in [-0.3, -0.25) is 9.78 Å². The van der Waals surface area contributed by atoms with E-state index in [2.05, 4.69) is 15.3 Å². The average molecular weight is 491 g/mol. The second-order valence-corrected chi connectivity index (χ2v) is 8.11. The molecule has 0 unspecified atom stereocenters. The highest BCUT2D eigenvalue weighted by Gasteiger charge is 2.18. The number of rotatable bonds is 10. The molecule has 2 aromatic carbocycles. The number of hydrogen-bond donors (Lipinski definition) is 2. The maximum absolute atomic E-state index is 11.8. The Bertz CT molecular complexity index is 1450. The van der Waals surface area contributed by atoms with Gasteiger partial charge in [0.2, 0.25) is 12.2 Å². The third-order valence-electron chi connectivity index (χ3n) is 5.86. The van der Waals surface area contributed by atoms with Crippen LogP contribution in [0.25, 0.3) is 10.9 Å². The van der Waals surface area contributed by atoms with Crippen LogP contribution in [0.1, 0.15) is 23.6 Å². The molecule has 11 nitrogen and oxygen atoms in total. The number of anilines is 2. The number of amides is 1. The first-order chi connectivity index (χ1) is 17.3. The Hall–Kier alpha value is -4.67. The van der Waals surface area contributed by atoms with E-state index < -0.39 is 10.8 Å². The summed E-state index contributed by atoms with van der Waals surface area (Å²) in [5, 5.41) is 15.3. The number of ether oxygens (including phenoxy) is 2. The number of primary amides is 1. The molecule has 0 aliphatic heterocycles. The number of nitrogens with one attached hydrogen (secondary N) is 1. The average Bonchev–Trinajstić information content (AvgIpc) is 3.33. The predicted octanol–water partition coefficient (Wildman–Crippen LogP) is 3.74. The van der Waals surface area contributed by atoms with Crippen LogP contribution in [0.15, 0.2) is 49.1 Å². The molecule has 4 aromatic rings. The maximum Gasteiger partial charge on any atom is 0.381 e. The molecule has 4 rings (SSSR count). The van der Waals surface area contributed by atoms with E-state index in [1.165, 1.54) is 12.5 Å². The van der Waals surface area contributed by atoms with Crippen LogP contribution in [-0.2, 0) is 24.2 Å². The molecule has 0 aliphatic carbocycles. The van der Waals surface area contributed by atoms with Crippen LogP contribution in [0.5, 0.6) is 11.5 Å². The van der Waals surface area contributed by atoms with Crippen molar-refractivity contribution in [3.8, 4) is 11.5 Å². The number of nitrogens with two attached hydrogens (primary N) is 1. The molecule has 1 amide bonds. The van der Waals surface area contributed by atoms with Crippen molar-refractivity contribution in [2.24, 2.45) is 5.73 Å². The van der Waals surface area contributed by atoms with Crippen LogP contribution in [0.2, 0.25) is 0 Å². The molecule has 0 fully saturated rings. The fraction of sp³-hybridized carbons (Fsp3) is 0.240. The minimum absolute atomic E-state index is 0.000525. The van der Waals surface area contributed by atoms with Crippen molar-refractivity contribution in [1.82, 2.24) is 14.5 Å². The second kappa shape index (κ2) is 10.3. The maximum atomic E-state index is 11.8. The van der Waals surface area contributed by atoms with Crippen LogP contribution >= 0.6 is 0 Å². The first-order valence-corrected chi connectivity index (χ1v) is 11.2. The molecule has 3 N–H and O–H groups in total. The highest BCUT2D eigenvalue weighted by atomic mass is 16.6. The van der Waals surface area contributed by atoms with E-state index in [0.717, 1.165) is 22.2 Å². The van der Waals surface area contributed by atoms with Crippen LogP contribution in [0.3, 0.4) is 0 Å². The lowest BCUT2D eigenvalue weighted by molar-refractivity contribution is -0.389. The number of benzene rings is 2. The summed E-state index contributed by atoms with van der Waals surface area (Å²) in [6.45, 7) is 2.44. The Morgan fingerprint density at radius 3 is 2.56 bits per heavy atom. The summed E-state index contributed by atoms with van der Waals surface area (Å²) in [4.78, 5) is 30.7. The zero-order chi connectivity index (χ0) is 25.8. The topological polar surface area (TPSA) is 147 Å². The molecule has 0 bridgehead atoms. The summed E-state index contributed by atoms with van der Waals surface area (Å²) in [7, 11) is 3.11. The highest BCUT2D eigenvalue weighted by Crippen LogP contribution is 2.38. The number of imidazole rings is 1. The second-order valence-electron chi connectivity index (χ2n) is 8.11. The van der Waals surface area contributed by atoms with Crippen LogP contribution in [0.4, 0.5) is 17.2 Å².